The first-order valence-electron chi connectivity index (χ1n) is 6.30. The lowest BCUT2D eigenvalue weighted by Gasteiger charge is -2.31. The Hall–Kier alpha value is -1.93. The Morgan fingerprint density at radius 3 is 3.05 bits per heavy atom. The highest BCUT2D eigenvalue weighted by molar-refractivity contribution is 5.76. The smallest absolute Gasteiger partial charge is 0.221 e. The van der Waals surface area contributed by atoms with Crippen molar-refractivity contribution in [1.82, 2.24) is 4.90 Å². The zero-order chi connectivity index (χ0) is 13.8. The van der Waals surface area contributed by atoms with Gasteiger partial charge in [-0.1, -0.05) is 0 Å². The molecule has 1 saturated heterocycles. The van der Waals surface area contributed by atoms with Crippen LogP contribution in [0.5, 0.6) is 0 Å². The van der Waals surface area contributed by atoms with E-state index in [1.165, 1.54) is 18.2 Å². The van der Waals surface area contributed by atoms with E-state index >= 15 is 0 Å². The fourth-order valence-corrected chi connectivity index (χ4v) is 2.47. The van der Waals surface area contributed by atoms with Crippen molar-refractivity contribution >= 4 is 5.91 Å². The maximum absolute atomic E-state index is 13.2. The Morgan fingerprint density at radius 1 is 1.58 bits per heavy atom. The summed E-state index contributed by atoms with van der Waals surface area (Å²) in [5.74, 6) is -0.783. The average Bonchev–Trinajstić information content (AvgIpc) is 2.39. The lowest BCUT2D eigenvalue weighted by atomic mass is 9.96. The van der Waals surface area contributed by atoms with Gasteiger partial charge in [0.25, 0.3) is 0 Å². The first-order chi connectivity index (χ1) is 9.10. The normalized spacial score (nSPS) is 19.9. The van der Waals surface area contributed by atoms with E-state index in [2.05, 4.69) is 11.0 Å². The van der Waals surface area contributed by atoms with Crippen LogP contribution in [0.2, 0.25) is 0 Å². The third-order valence-corrected chi connectivity index (χ3v) is 3.49. The molecule has 1 fully saturated rings. The number of hydrogen-bond acceptors (Lipinski definition) is 3. The van der Waals surface area contributed by atoms with E-state index in [1.807, 2.05) is 0 Å². The molecule has 100 valence electrons. The van der Waals surface area contributed by atoms with Crippen molar-refractivity contribution in [2.24, 2.45) is 11.7 Å². The molecule has 1 aliphatic heterocycles. The van der Waals surface area contributed by atoms with Crippen molar-refractivity contribution in [3.05, 3.63) is 35.1 Å². The van der Waals surface area contributed by atoms with Crippen LogP contribution in [-0.4, -0.2) is 23.9 Å². The Balaban J connectivity index is 2.11. The van der Waals surface area contributed by atoms with Gasteiger partial charge in [-0.05, 0) is 43.1 Å². The number of halogens is 1. The Morgan fingerprint density at radius 2 is 2.37 bits per heavy atom. The van der Waals surface area contributed by atoms with Gasteiger partial charge in [-0.15, -0.1) is 0 Å². The van der Waals surface area contributed by atoms with Gasteiger partial charge < -0.3 is 5.73 Å². The fourth-order valence-electron chi connectivity index (χ4n) is 2.47. The standard InChI is InChI=1S/C14H16FN3O/c15-13-4-3-10(7-16)12(6-13)9-18-5-1-2-11(8-18)14(17)19/h3-4,6,11H,1-2,5,8-9H2,(H2,17,19). The molecule has 0 bridgehead atoms. The van der Waals surface area contributed by atoms with Crippen LogP contribution in [-0.2, 0) is 11.3 Å². The number of nitriles is 1. The predicted molar refractivity (Wildman–Crippen MR) is 68.3 cm³/mol. The summed E-state index contributed by atoms with van der Waals surface area (Å²) in [7, 11) is 0. The van der Waals surface area contributed by atoms with Gasteiger partial charge in [-0.2, -0.15) is 5.26 Å². The zero-order valence-electron chi connectivity index (χ0n) is 10.6. The summed E-state index contributed by atoms with van der Waals surface area (Å²) in [5, 5.41) is 9.01. The van der Waals surface area contributed by atoms with Gasteiger partial charge in [0.2, 0.25) is 5.91 Å². The molecule has 1 atom stereocenters. The molecule has 2 N–H and O–H groups in total. The number of hydrogen-bond donors (Lipinski definition) is 1. The molecule has 0 spiro atoms. The number of piperidine rings is 1. The van der Waals surface area contributed by atoms with Crippen LogP contribution in [0.15, 0.2) is 18.2 Å². The predicted octanol–water partition coefficient (Wildman–Crippen LogP) is 1.39. The Labute approximate surface area is 111 Å². The minimum atomic E-state index is -0.350. The van der Waals surface area contributed by atoms with Crippen molar-refractivity contribution in [3.8, 4) is 6.07 Å². The second kappa shape index (κ2) is 5.81. The molecule has 1 amide bonds. The van der Waals surface area contributed by atoms with Crippen molar-refractivity contribution in [2.45, 2.75) is 19.4 Å². The third kappa shape index (κ3) is 3.30. The highest BCUT2D eigenvalue weighted by Gasteiger charge is 2.24. The third-order valence-electron chi connectivity index (χ3n) is 3.49. The summed E-state index contributed by atoms with van der Waals surface area (Å²) in [4.78, 5) is 13.3. The topological polar surface area (TPSA) is 70.1 Å². The van der Waals surface area contributed by atoms with E-state index in [1.54, 1.807) is 0 Å². The molecule has 4 nitrogen and oxygen atoms in total. The van der Waals surface area contributed by atoms with Crippen LogP contribution < -0.4 is 5.73 Å². The van der Waals surface area contributed by atoms with Gasteiger partial charge in [0.15, 0.2) is 0 Å². The second-order valence-corrected chi connectivity index (χ2v) is 4.89. The van der Waals surface area contributed by atoms with E-state index in [9.17, 15) is 9.18 Å². The quantitative estimate of drug-likeness (QED) is 0.894. The minimum Gasteiger partial charge on any atom is -0.369 e. The number of carbonyl (C=O) groups excluding carboxylic acids is 1. The molecule has 0 radical (unpaired) electrons. The van der Waals surface area contributed by atoms with Gasteiger partial charge in [0, 0.05) is 13.1 Å². The van der Waals surface area contributed by atoms with Crippen molar-refractivity contribution in [1.29, 1.82) is 5.26 Å². The van der Waals surface area contributed by atoms with Crippen LogP contribution in [0.1, 0.15) is 24.0 Å². The molecule has 1 heterocycles. The maximum atomic E-state index is 13.2. The highest BCUT2D eigenvalue weighted by atomic mass is 19.1. The summed E-state index contributed by atoms with van der Waals surface area (Å²) in [5.41, 5.74) is 6.46. The summed E-state index contributed by atoms with van der Waals surface area (Å²) in [6, 6.07) is 6.21. The first kappa shape index (κ1) is 13.5. The zero-order valence-corrected chi connectivity index (χ0v) is 10.6. The summed E-state index contributed by atoms with van der Waals surface area (Å²) in [6.45, 7) is 1.90. The molecular formula is C14H16FN3O. The molecule has 1 unspecified atom stereocenters. The molecule has 1 aliphatic rings. The molecule has 0 saturated carbocycles. The summed E-state index contributed by atoms with van der Waals surface area (Å²) >= 11 is 0. The number of carbonyl (C=O) groups is 1. The number of nitrogens with zero attached hydrogens (tertiary/aromatic N) is 2. The molecule has 5 heteroatoms. The van der Waals surface area contributed by atoms with Crippen molar-refractivity contribution in [2.75, 3.05) is 13.1 Å². The number of likely N-dealkylation sites (tertiary alicyclic amines) is 1. The van der Waals surface area contributed by atoms with Gasteiger partial charge in [-0.25, -0.2) is 4.39 Å². The SMILES string of the molecule is N#Cc1ccc(F)cc1CN1CCCC(C(N)=O)C1. The molecule has 1 aromatic rings. The van der Waals surface area contributed by atoms with E-state index < -0.39 is 0 Å². The molecule has 1 aromatic carbocycles. The number of nitrogens with two attached hydrogens (primary N) is 1. The van der Waals surface area contributed by atoms with Crippen LogP contribution >= 0.6 is 0 Å². The van der Waals surface area contributed by atoms with E-state index in [4.69, 9.17) is 11.0 Å². The summed E-state index contributed by atoms with van der Waals surface area (Å²) < 4.78 is 13.2. The van der Waals surface area contributed by atoms with Gasteiger partial charge >= 0.3 is 0 Å². The number of primary amides is 1. The van der Waals surface area contributed by atoms with Crippen LogP contribution in [0.25, 0.3) is 0 Å². The van der Waals surface area contributed by atoms with Crippen LogP contribution in [0.4, 0.5) is 4.39 Å². The maximum Gasteiger partial charge on any atom is 0.221 e. The van der Waals surface area contributed by atoms with Crippen molar-refractivity contribution < 1.29 is 9.18 Å². The summed E-state index contributed by atoms with van der Waals surface area (Å²) in [6.07, 6.45) is 1.70. The van der Waals surface area contributed by atoms with Crippen LogP contribution in [0, 0.1) is 23.1 Å². The lowest BCUT2D eigenvalue weighted by molar-refractivity contribution is -0.123. The van der Waals surface area contributed by atoms with E-state index in [-0.39, 0.29) is 17.6 Å². The van der Waals surface area contributed by atoms with Gasteiger partial charge in [-0.3, -0.25) is 9.69 Å². The lowest BCUT2D eigenvalue weighted by Crippen LogP contribution is -2.40. The van der Waals surface area contributed by atoms with E-state index in [0.717, 1.165) is 19.4 Å². The fraction of sp³-hybridized carbons (Fsp3) is 0.429. The van der Waals surface area contributed by atoms with Gasteiger partial charge in [0.05, 0.1) is 17.6 Å². The van der Waals surface area contributed by atoms with Gasteiger partial charge in [0.1, 0.15) is 5.82 Å². The molecular weight excluding hydrogens is 245 g/mol. The largest absolute Gasteiger partial charge is 0.369 e. The number of rotatable bonds is 3. The number of benzene rings is 1. The average molecular weight is 261 g/mol. The van der Waals surface area contributed by atoms with Crippen LogP contribution in [0.3, 0.4) is 0 Å². The molecule has 19 heavy (non-hydrogen) atoms. The number of amides is 1. The highest BCUT2D eigenvalue weighted by Crippen LogP contribution is 2.20. The van der Waals surface area contributed by atoms with Crippen molar-refractivity contribution in [3.63, 3.8) is 0 Å². The second-order valence-electron chi connectivity index (χ2n) is 4.89. The first-order valence-corrected chi connectivity index (χ1v) is 6.30. The molecule has 2 rings (SSSR count). The molecule has 0 aliphatic carbocycles. The monoisotopic (exact) mass is 261 g/mol. The Kier molecular flexibility index (Phi) is 4.13. The minimum absolute atomic E-state index is 0.146. The molecule has 0 aromatic heterocycles. The van der Waals surface area contributed by atoms with E-state index in [0.29, 0.717) is 24.2 Å². The Bertz CT molecular complexity index is 524.